The molecule has 0 heterocycles. The molecule has 0 fully saturated rings. The fraction of sp³-hybridized carbons (Fsp3) is 0. The highest BCUT2D eigenvalue weighted by Gasteiger charge is 2.07. The Morgan fingerprint density at radius 3 is 2.50 bits per heavy atom. The molecule has 0 aliphatic rings. The van der Waals surface area contributed by atoms with Gasteiger partial charge in [-0.25, -0.2) is 0 Å². The zero-order chi connectivity index (χ0) is 15.5. The molecule has 0 amide bonds. The van der Waals surface area contributed by atoms with E-state index in [1.165, 1.54) is 6.08 Å². The van der Waals surface area contributed by atoms with Crippen molar-refractivity contribution >= 4 is 28.3 Å². The number of aromatic hydroxyl groups is 1. The molecule has 0 spiro atoms. The molecular weight excluding hydrogens is 274 g/mol. The summed E-state index contributed by atoms with van der Waals surface area (Å²) in [5.41, 5.74) is 7.33. The molecule has 0 aliphatic heterocycles. The quantitative estimate of drug-likeness (QED) is 0.435. The van der Waals surface area contributed by atoms with Gasteiger partial charge in [-0.2, -0.15) is 0 Å². The zero-order valence-corrected chi connectivity index (χ0v) is 11.9. The van der Waals surface area contributed by atoms with E-state index < -0.39 is 0 Å². The Bertz CT molecular complexity index is 881. The Morgan fingerprint density at radius 1 is 0.955 bits per heavy atom. The number of phenolic OH excluding ortho intramolecular Hbond substituents is 1. The van der Waals surface area contributed by atoms with Gasteiger partial charge in [0.15, 0.2) is 5.78 Å². The number of hydrogen-bond donors (Lipinski definition) is 2. The number of rotatable bonds is 3. The number of nitrogen functional groups attached to an aromatic ring is 1. The van der Waals surface area contributed by atoms with E-state index in [4.69, 9.17) is 5.73 Å². The van der Waals surface area contributed by atoms with E-state index in [2.05, 4.69) is 0 Å². The van der Waals surface area contributed by atoms with Gasteiger partial charge in [-0.05, 0) is 41.1 Å². The van der Waals surface area contributed by atoms with Gasteiger partial charge in [0.05, 0.1) is 0 Å². The van der Waals surface area contributed by atoms with Crippen molar-refractivity contribution in [2.45, 2.75) is 0 Å². The van der Waals surface area contributed by atoms with E-state index in [1.807, 2.05) is 30.3 Å². The van der Waals surface area contributed by atoms with Crippen LogP contribution in [-0.4, -0.2) is 10.9 Å². The predicted molar refractivity (Wildman–Crippen MR) is 89.8 cm³/mol. The number of carbonyl (C=O) groups is 1. The highest BCUT2D eigenvalue weighted by atomic mass is 16.3. The monoisotopic (exact) mass is 289 g/mol. The number of benzene rings is 3. The molecule has 0 atom stereocenters. The Morgan fingerprint density at radius 2 is 1.68 bits per heavy atom. The van der Waals surface area contributed by atoms with Crippen LogP contribution in [0.4, 0.5) is 5.69 Å². The second-order valence-corrected chi connectivity index (χ2v) is 5.00. The molecule has 3 N–H and O–H groups in total. The normalized spacial score (nSPS) is 11.1. The Kier molecular flexibility index (Phi) is 3.62. The molecule has 0 aliphatic carbocycles. The standard InChI is InChI=1S/C19H15NO2/c20-17-8-4-3-7-16(17)19(22)12-10-15-14-6-2-1-5-13(14)9-11-18(15)21/h1-12,21H,20H2/b12-10-. The summed E-state index contributed by atoms with van der Waals surface area (Å²) in [6, 6.07) is 18.1. The third kappa shape index (κ3) is 2.56. The molecule has 22 heavy (non-hydrogen) atoms. The van der Waals surface area contributed by atoms with Crippen molar-refractivity contribution in [1.29, 1.82) is 0 Å². The van der Waals surface area contributed by atoms with Gasteiger partial charge < -0.3 is 10.8 Å². The molecular formula is C19H15NO2. The maximum atomic E-state index is 12.2. The molecule has 0 radical (unpaired) electrons. The van der Waals surface area contributed by atoms with Crippen molar-refractivity contribution in [2.24, 2.45) is 0 Å². The summed E-state index contributed by atoms with van der Waals surface area (Å²) in [6.45, 7) is 0. The highest BCUT2D eigenvalue weighted by molar-refractivity contribution is 6.11. The lowest BCUT2D eigenvalue weighted by molar-refractivity contribution is 0.104. The minimum Gasteiger partial charge on any atom is -0.507 e. The van der Waals surface area contributed by atoms with E-state index in [9.17, 15) is 9.90 Å². The maximum absolute atomic E-state index is 12.2. The molecule has 0 aromatic heterocycles. The number of nitrogens with two attached hydrogens (primary N) is 1. The van der Waals surface area contributed by atoms with Crippen LogP contribution in [-0.2, 0) is 0 Å². The number of hydrogen-bond acceptors (Lipinski definition) is 3. The van der Waals surface area contributed by atoms with Crippen molar-refractivity contribution in [2.75, 3.05) is 5.73 Å². The Labute approximate surface area is 128 Å². The topological polar surface area (TPSA) is 63.3 Å². The molecule has 3 aromatic rings. The van der Waals surface area contributed by atoms with Crippen LogP contribution in [0.5, 0.6) is 5.75 Å². The number of ketones is 1. The Hall–Kier alpha value is -3.07. The van der Waals surface area contributed by atoms with E-state index in [0.717, 1.165) is 10.8 Å². The number of fused-ring (bicyclic) bond motifs is 1. The first-order chi connectivity index (χ1) is 10.7. The second kappa shape index (κ2) is 5.74. The summed E-state index contributed by atoms with van der Waals surface area (Å²) in [6.07, 6.45) is 3.07. The first-order valence-corrected chi connectivity index (χ1v) is 6.94. The fourth-order valence-corrected chi connectivity index (χ4v) is 2.43. The minimum atomic E-state index is -0.189. The van der Waals surface area contributed by atoms with E-state index in [1.54, 1.807) is 36.4 Å². The minimum absolute atomic E-state index is 0.142. The smallest absolute Gasteiger partial charge is 0.187 e. The van der Waals surface area contributed by atoms with Crippen molar-refractivity contribution < 1.29 is 9.90 Å². The molecule has 3 nitrogen and oxygen atoms in total. The lowest BCUT2D eigenvalue weighted by Crippen LogP contribution is -2.00. The van der Waals surface area contributed by atoms with Crippen LogP contribution < -0.4 is 5.73 Å². The average molecular weight is 289 g/mol. The van der Waals surface area contributed by atoms with Crippen molar-refractivity contribution in [3.63, 3.8) is 0 Å². The number of allylic oxidation sites excluding steroid dienone is 1. The third-order valence-corrected chi connectivity index (χ3v) is 3.58. The van der Waals surface area contributed by atoms with Gasteiger partial charge in [0, 0.05) is 16.8 Å². The molecule has 0 saturated carbocycles. The van der Waals surface area contributed by atoms with Gasteiger partial charge in [-0.15, -0.1) is 0 Å². The number of carbonyl (C=O) groups excluding carboxylic acids is 1. The van der Waals surface area contributed by atoms with Gasteiger partial charge in [0.2, 0.25) is 0 Å². The molecule has 3 rings (SSSR count). The molecule has 108 valence electrons. The number of phenols is 1. The molecule has 0 unspecified atom stereocenters. The van der Waals surface area contributed by atoms with Gasteiger partial charge in [0.1, 0.15) is 5.75 Å². The predicted octanol–water partition coefficient (Wildman–Crippen LogP) is 4.02. The third-order valence-electron chi connectivity index (χ3n) is 3.58. The molecule has 0 bridgehead atoms. The summed E-state index contributed by atoms with van der Waals surface area (Å²) in [5.74, 6) is -0.0470. The van der Waals surface area contributed by atoms with E-state index in [0.29, 0.717) is 16.8 Å². The average Bonchev–Trinajstić information content (AvgIpc) is 2.54. The summed E-state index contributed by atoms with van der Waals surface area (Å²) in [7, 11) is 0. The van der Waals surface area contributed by atoms with Gasteiger partial charge in [-0.3, -0.25) is 4.79 Å². The van der Waals surface area contributed by atoms with Crippen molar-refractivity contribution in [3.05, 3.63) is 77.9 Å². The van der Waals surface area contributed by atoms with E-state index >= 15 is 0 Å². The highest BCUT2D eigenvalue weighted by Crippen LogP contribution is 2.28. The van der Waals surface area contributed by atoms with Crippen LogP contribution >= 0.6 is 0 Å². The fourth-order valence-electron chi connectivity index (χ4n) is 2.43. The lowest BCUT2D eigenvalue weighted by atomic mass is 10.0. The largest absolute Gasteiger partial charge is 0.507 e. The molecule has 3 aromatic carbocycles. The van der Waals surface area contributed by atoms with Crippen LogP contribution in [0.2, 0.25) is 0 Å². The summed E-state index contributed by atoms with van der Waals surface area (Å²) in [4.78, 5) is 12.2. The van der Waals surface area contributed by atoms with Crippen LogP contribution in [0.25, 0.3) is 16.8 Å². The van der Waals surface area contributed by atoms with Gasteiger partial charge in [-0.1, -0.05) is 42.5 Å². The summed E-state index contributed by atoms with van der Waals surface area (Å²) >= 11 is 0. The van der Waals surface area contributed by atoms with Crippen LogP contribution in [0.1, 0.15) is 15.9 Å². The molecule has 3 heteroatoms. The first-order valence-electron chi connectivity index (χ1n) is 6.94. The Balaban J connectivity index is 2.01. The molecule has 0 saturated heterocycles. The second-order valence-electron chi connectivity index (χ2n) is 5.00. The summed E-state index contributed by atoms with van der Waals surface area (Å²) in [5, 5.41) is 12.0. The zero-order valence-electron chi connectivity index (χ0n) is 11.9. The summed E-state index contributed by atoms with van der Waals surface area (Å²) < 4.78 is 0. The lowest BCUT2D eigenvalue weighted by Gasteiger charge is -2.05. The van der Waals surface area contributed by atoms with Gasteiger partial charge >= 0.3 is 0 Å². The number of anilines is 1. The van der Waals surface area contributed by atoms with Crippen LogP contribution in [0, 0.1) is 0 Å². The van der Waals surface area contributed by atoms with E-state index in [-0.39, 0.29) is 11.5 Å². The first kappa shape index (κ1) is 13.9. The van der Waals surface area contributed by atoms with Crippen molar-refractivity contribution in [3.8, 4) is 5.75 Å². The van der Waals surface area contributed by atoms with Crippen LogP contribution in [0.3, 0.4) is 0 Å². The maximum Gasteiger partial charge on any atom is 0.187 e. The SMILES string of the molecule is Nc1ccccc1C(=O)/C=C\c1c(O)ccc2ccccc12. The van der Waals surface area contributed by atoms with Crippen LogP contribution in [0.15, 0.2) is 66.7 Å². The van der Waals surface area contributed by atoms with Crippen molar-refractivity contribution in [1.82, 2.24) is 0 Å². The number of para-hydroxylation sites is 1. The van der Waals surface area contributed by atoms with Gasteiger partial charge in [0.25, 0.3) is 0 Å².